The van der Waals surface area contributed by atoms with Crippen LogP contribution < -0.4 is 19.3 Å². The van der Waals surface area contributed by atoms with Crippen molar-refractivity contribution in [3.63, 3.8) is 0 Å². The Morgan fingerprint density at radius 1 is 0.643 bits per heavy atom. The first kappa shape index (κ1) is 28.9. The number of anilines is 5. The highest BCUT2D eigenvalue weighted by Crippen LogP contribution is 2.41. The van der Waals surface area contributed by atoms with E-state index in [1.54, 1.807) is 26.0 Å². The molecule has 0 aliphatic heterocycles. The molecular weight excluding hydrogens is 536 g/mol. The Bertz CT molecular complexity index is 1580. The van der Waals surface area contributed by atoms with Crippen LogP contribution >= 0.6 is 11.8 Å². The third-order valence-corrected chi connectivity index (χ3v) is 8.03. The van der Waals surface area contributed by atoms with Gasteiger partial charge in [0.2, 0.25) is 0 Å². The van der Waals surface area contributed by atoms with Crippen molar-refractivity contribution in [2.75, 3.05) is 36.8 Å². The predicted octanol–water partition coefficient (Wildman–Crippen LogP) is 10.4. The third kappa shape index (κ3) is 6.32. The second-order valence-electron chi connectivity index (χ2n) is 9.74. The molecule has 0 aliphatic carbocycles. The van der Waals surface area contributed by atoms with E-state index in [9.17, 15) is 0 Å². The van der Waals surface area contributed by atoms with Crippen molar-refractivity contribution >= 4 is 46.3 Å². The number of rotatable bonds is 11. The maximum Gasteiger partial charge on any atom is 0.119 e. The number of hydrogen-bond acceptors (Lipinski definition) is 5. The Morgan fingerprint density at radius 3 is 1.74 bits per heavy atom. The van der Waals surface area contributed by atoms with Gasteiger partial charge in [0.05, 0.1) is 14.2 Å². The highest BCUT2D eigenvalue weighted by atomic mass is 32.2. The Hall–Kier alpha value is -4.61. The molecule has 0 saturated carbocycles. The number of nitrogens with zero attached hydrogens (tertiary/aromatic N) is 2. The molecule has 0 amide bonds. The minimum atomic E-state index is 0.815. The van der Waals surface area contributed by atoms with Crippen LogP contribution in [0.5, 0.6) is 11.5 Å². The molecule has 0 unspecified atom stereocenters. The van der Waals surface area contributed by atoms with Gasteiger partial charge in [0.1, 0.15) is 11.5 Å². The van der Waals surface area contributed by atoms with Crippen LogP contribution in [0.15, 0.2) is 127 Å². The van der Waals surface area contributed by atoms with E-state index in [1.807, 2.05) is 30.3 Å². The van der Waals surface area contributed by atoms with E-state index in [4.69, 9.17) is 9.47 Å². The molecule has 212 valence electrons. The first-order valence-corrected chi connectivity index (χ1v) is 15.2. The van der Waals surface area contributed by atoms with Gasteiger partial charge in [0.25, 0.3) is 0 Å². The SMILES string of the molecule is C=Cc1cccc(-c2cc(N(CC)c3ccc(SC)cc3)cc(N(c3ccc(OC)cc3)c3ccc(OC)cc3)c2)c1. The van der Waals surface area contributed by atoms with E-state index < -0.39 is 0 Å². The Kier molecular flexibility index (Phi) is 9.20. The van der Waals surface area contributed by atoms with E-state index in [-0.39, 0.29) is 0 Å². The van der Waals surface area contributed by atoms with Gasteiger partial charge >= 0.3 is 0 Å². The van der Waals surface area contributed by atoms with Gasteiger partial charge in [0.15, 0.2) is 0 Å². The summed E-state index contributed by atoms with van der Waals surface area (Å²) in [5.74, 6) is 1.63. The van der Waals surface area contributed by atoms with Gasteiger partial charge in [-0.1, -0.05) is 30.9 Å². The van der Waals surface area contributed by atoms with Crippen LogP contribution in [0.25, 0.3) is 17.2 Å². The zero-order chi connectivity index (χ0) is 29.5. The lowest BCUT2D eigenvalue weighted by atomic mass is 10.0. The molecular formula is C37H36N2O2S. The normalized spacial score (nSPS) is 10.7. The number of thioether (sulfide) groups is 1. The van der Waals surface area contributed by atoms with Crippen LogP contribution in [-0.2, 0) is 0 Å². The number of methoxy groups -OCH3 is 2. The molecule has 0 bridgehead atoms. The highest BCUT2D eigenvalue weighted by Gasteiger charge is 2.18. The molecule has 5 rings (SSSR count). The van der Waals surface area contributed by atoms with E-state index in [0.717, 1.165) is 63.2 Å². The molecule has 0 N–H and O–H groups in total. The van der Waals surface area contributed by atoms with Gasteiger partial charge in [-0.3, -0.25) is 0 Å². The van der Waals surface area contributed by atoms with Crippen molar-refractivity contribution in [2.45, 2.75) is 11.8 Å². The molecule has 42 heavy (non-hydrogen) atoms. The van der Waals surface area contributed by atoms with Crippen molar-refractivity contribution in [1.82, 2.24) is 0 Å². The summed E-state index contributed by atoms with van der Waals surface area (Å²) in [6.45, 7) is 7.00. The quantitative estimate of drug-likeness (QED) is 0.147. The van der Waals surface area contributed by atoms with Gasteiger partial charge < -0.3 is 19.3 Å². The first-order valence-electron chi connectivity index (χ1n) is 13.9. The Morgan fingerprint density at radius 2 is 1.21 bits per heavy atom. The summed E-state index contributed by atoms with van der Waals surface area (Å²) in [5, 5.41) is 0. The molecule has 0 spiro atoms. The zero-order valence-electron chi connectivity index (χ0n) is 24.6. The fraction of sp³-hybridized carbons (Fsp3) is 0.135. The van der Waals surface area contributed by atoms with Crippen molar-refractivity contribution in [3.8, 4) is 22.6 Å². The standard InChI is InChI=1S/C37H36N2O2S/c1-6-27-9-8-10-28(23-27)29-24-33(38(7-2)30-15-21-37(42-5)22-16-30)26-34(25-29)39(31-11-17-35(40-3)18-12-31)32-13-19-36(41-4)20-14-32/h6,8-26H,1,7H2,2-5H3. The Labute approximate surface area is 253 Å². The summed E-state index contributed by atoms with van der Waals surface area (Å²) in [4.78, 5) is 5.87. The molecule has 0 aliphatic rings. The topological polar surface area (TPSA) is 24.9 Å². The third-order valence-electron chi connectivity index (χ3n) is 7.29. The van der Waals surface area contributed by atoms with Gasteiger partial charge in [-0.2, -0.15) is 0 Å². The average molecular weight is 573 g/mol. The van der Waals surface area contributed by atoms with Gasteiger partial charge in [-0.25, -0.2) is 0 Å². The maximum atomic E-state index is 5.47. The lowest BCUT2D eigenvalue weighted by Gasteiger charge is -2.30. The summed E-state index contributed by atoms with van der Waals surface area (Å²) in [5.41, 5.74) is 8.69. The molecule has 4 nitrogen and oxygen atoms in total. The largest absolute Gasteiger partial charge is 0.497 e. The van der Waals surface area contributed by atoms with Crippen molar-refractivity contribution in [1.29, 1.82) is 0 Å². The highest BCUT2D eigenvalue weighted by molar-refractivity contribution is 7.98. The van der Waals surface area contributed by atoms with Crippen LogP contribution in [0.4, 0.5) is 28.4 Å². The zero-order valence-corrected chi connectivity index (χ0v) is 25.4. The molecule has 0 saturated heterocycles. The summed E-state index contributed by atoms with van der Waals surface area (Å²) in [6, 6.07) is 40.4. The van der Waals surface area contributed by atoms with Gasteiger partial charge in [-0.05, 0) is 127 Å². The average Bonchev–Trinajstić information content (AvgIpc) is 3.06. The summed E-state index contributed by atoms with van der Waals surface area (Å²) in [6.07, 6.45) is 3.99. The fourth-order valence-electron chi connectivity index (χ4n) is 5.08. The predicted molar refractivity (Wildman–Crippen MR) is 181 cm³/mol. The van der Waals surface area contributed by atoms with Crippen LogP contribution in [0.2, 0.25) is 0 Å². The monoisotopic (exact) mass is 572 g/mol. The molecule has 5 aromatic rings. The van der Waals surface area contributed by atoms with E-state index in [0.29, 0.717) is 0 Å². The lowest BCUT2D eigenvalue weighted by Crippen LogP contribution is -2.17. The molecule has 0 atom stereocenters. The fourth-order valence-corrected chi connectivity index (χ4v) is 5.49. The molecule has 0 radical (unpaired) electrons. The molecule has 5 heteroatoms. The van der Waals surface area contributed by atoms with Crippen LogP contribution in [0.3, 0.4) is 0 Å². The Balaban J connectivity index is 1.73. The number of benzene rings is 5. The van der Waals surface area contributed by atoms with Crippen LogP contribution in [0.1, 0.15) is 12.5 Å². The lowest BCUT2D eigenvalue weighted by molar-refractivity contribution is 0.415. The minimum absolute atomic E-state index is 0.815. The van der Waals surface area contributed by atoms with Crippen LogP contribution in [-0.4, -0.2) is 27.0 Å². The second kappa shape index (κ2) is 13.4. The molecule has 0 fully saturated rings. The summed E-state index contributed by atoms with van der Waals surface area (Å²) in [7, 11) is 3.38. The van der Waals surface area contributed by atoms with Crippen molar-refractivity contribution in [3.05, 3.63) is 127 Å². The van der Waals surface area contributed by atoms with E-state index >= 15 is 0 Å². The van der Waals surface area contributed by atoms with E-state index in [1.165, 1.54) is 4.90 Å². The second-order valence-corrected chi connectivity index (χ2v) is 10.6. The maximum absolute atomic E-state index is 5.47. The molecule has 0 heterocycles. The minimum Gasteiger partial charge on any atom is -0.497 e. The van der Waals surface area contributed by atoms with Crippen LogP contribution in [0, 0.1) is 0 Å². The van der Waals surface area contributed by atoms with Gasteiger partial charge in [0, 0.05) is 39.9 Å². The van der Waals surface area contributed by atoms with Crippen molar-refractivity contribution < 1.29 is 9.47 Å². The summed E-state index contributed by atoms with van der Waals surface area (Å²) < 4.78 is 10.9. The smallest absolute Gasteiger partial charge is 0.119 e. The van der Waals surface area contributed by atoms with Crippen molar-refractivity contribution in [2.24, 2.45) is 0 Å². The number of hydrogen-bond donors (Lipinski definition) is 0. The first-order chi connectivity index (χ1) is 20.6. The molecule has 5 aromatic carbocycles. The van der Waals surface area contributed by atoms with E-state index in [2.05, 4.69) is 121 Å². The molecule has 0 aromatic heterocycles. The summed E-state index contributed by atoms with van der Waals surface area (Å²) >= 11 is 1.75. The van der Waals surface area contributed by atoms with Gasteiger partial charge in [-0.15, -0.1) is 11.8 Å². The number of ether oxygens (including phenoxy) is 2.